The quantitative estimate of drug-likeness (QED) is 0.186. The minimum absolute atomic E-state index is 0.0228. The van der Waals surface area contributed by atoms with Crippen LogP contribution in [0.2, 0.25) is 0 Å². The Morgan fingerprint density at radius 1 is 1.06 bits per heavy atom. The van der Waals surface area contributed by atoms with Crippen molar-refractivity contribution in [3.63, 3.8) is 0 Å². The minimum atomic E-state index is -1.41. The number of aliphatic carboxylic acids is 2. The summed E-state index contributed by atoms with van der Waals surface area (Å²) in [7, 11) is 0. The maximum atomic E-state index is 13.1. The van der Waals surface area contributed by atoms with Crippen LogP contribution in [0.25, 0.3) is 0 Å². The highest BCUT2D eigenvalue weighted by Gasteiger charge is 2.91. The van der Waals surface area contributed by atoms with Gasteiger partial charge in [-0.1, -0.05) is 0 Å². The molecule has 4 N–H and O–H groups in total. The fourth-order valence-electron chi connectivity index (χ4n) is 6.27. The zero-order valence-corrected chi connectivity index (χ0v) is 16.8. The lowest BCUT2D eigenvalue weighted by molar-refractivity contribution is -0.875. The molecule has 31 heavy (non-hydrogen) atoms. The second-order valence-electron chi connectivity index (χ2n) is 9.26. The van der Waals surface area contributed by atoms with E-state index in [0.717, 1.165) is 0 Å². The Labute approximate surface area is 176 Å². The van der Waals surface area contributed by atoms with E-state index >= 15 is 0 Å². The number of carboxylic acid groups (broad SMARTS) is 2. The number of nitro groups is 1. The maximum absolute atomic E-state index is 13.1. The van der Waals surface area contributed by atoms with Crippen LogP contribution in [0.3, 0.4) is 0 Å². The zero-order chi connectivity index (χ0) is 22.7. The lowest BCUT2D eigenvalue weighted by Gasteiger charge is -2.43. The summed E-state index contributed by atoms with van der Waals surface area (Å²) >= 11 is 0. The number of aliphatic hydroxyl groups excluding tert-OH is 1. The lowest BCUT2D eigenvalue weighted by Crippen LogP contribution is -2.67. The summed E-state index contributed by atoms with van der Waals surface area (Å²) in [6, 6.07) is -1.01. The molecule has 2 aliphatic heterocycles. The van der Waals surface area contributed by atoms with E-state index in [4.69, 9.17) is 0 Å². The molecular formula is C19H26N3O9+. The summed E-state index contributed by atoms with van der Waals surface area (Å²) in [5.74, 6) is -6.23. The van der Waals surface area contributed by atoms with Crippen LogP contribution < -0.4 is 5.32 Å². The molecule has 0 radical (unpaired) electrons. The Morgan fingerprint density at radius 2 is 1.77 bits per heavy atom. The Hall–Kier alpha value is -2.60. The first-order valence-electron chi connectivity index (χ1n) is 10.6. The van der Waals surface area contributed by atoms with E-state index in [9.17, 15) is 44.6 Å². The summed E-state index contributed by atoms with van der Waals surface area (Å²) in [6.07, 6.45) is -0.715. The van der Waals surface area contributed by atoms with Crippen LogP contribution in [-0.2, 0) is 19.2 Å². The first-order valence-corrected chi connectivity index (χ1v) is 10.6. The molecule has 4 rings (SSSR count). The Morgan fingerprint density at radius 3 is 2.32 bits per heavy atom. The molecular weight excluding hydrogens is 414 g/mol. The predicted octanol–water partition coefficient (Wildman–Crippen LogP) is -0.680. The zero-order valence-electron chi connectivity index (χ0n) is 16.8. The highest BCUT2D eigenvalue weighted by Crippen LogP contribution is 2.62. The van der Waals surface area contributed by atoms with Crippen LogP contribution in [0.15, 0.2) is 0 Å². The number of hydrogen-bond acceptors (Lipinski definition) is 7. The van der Waals surface area contributed by atoms with E-state index in [2.05, 4.69) is 5.32 Å². The van der Waals surface area contributed by atoms with Crippen molar-refractivity contribution in [3.8, 4) is 0 Å². The van der Waals surface area contributed by atoms with Gasteiger partial charge in [0.25, 0.3) is 0 Å². The molecule has 2 saturated heterocycles. The molecule has 0 aromatic rings. The first-order chi connectivity index (χ1) is 14.6. The molecule has 8 unspecified atom stereocenters. The van der Waals surface area contributed by atoms with Gasteiger partial charge in [0.05, 0.1) is 37.3 Å². The van der Waals surface area contributed by atoms with Crippen molar-refractivity contribution in [2.75, 3.05) is 6.54 Å². The summed E-state index contributed by atoms with van der Waals surface area (Å²) in [6.45, 7) is 0.295. The minimum Gasteiger partial charge on any atom is -0.481 e. The third-order valence-corrected chi connectivity index (χ3v) is 7.98. The van der Waals surface area contributed by atoms with Crippen molar-refractivity contribution in [1.29, 1.82) is 0 Å². The van der Waals surface area contributed by atoms with Gasteiger partial charge in [-0.2, -0.15) is 0 Å². The molecule has 8 atom stereocenters. The van der Waals surface area contributed by atoms with E-state index in [1.807, 2.05) is 0 Å². The van der Waals surface area contributed by atoms with Crippen LogP contribution in [0.4, 0.5) is 0 Å². The van der Waals surface area contributed by atoms with E-state index in [-0.39, 0.29) is 36.6 Å². The van der Waals surface area contributed by atoms with Crippen molar-refractivity contribution < 1.29 is 43.9 Å². The smallest absolute Gasteiger partial charge is 0.379 e. The molecule has 12 nitrogen and oxygen atoms in total. The van der Waals surface area contributed by atoms with Crippen LogP contribution in [0.1, 0.15) is 44.9 Å². The number of quaternary nitrogens is 1. The fourth-order valence-corrected chi connectivity index (χ4v) is 6.27. The van der Waals surface area contributed by atoms with Gasteiger partial charge in [0, 0.05) is 11.3 Å². The molecule has 2 amide bonds. The molecule has 2 aliphatic carbocycles. The number of carbonyl (C=O) groups is 4. The molecule has 170 valence electrons. The molecule has 0 bridgehead atoms. The van der Waals surface area contributed by atoms with E-state index in [1.165, 1.54) is 0 Å². The average molecular weight is 440 g/mol. The van der Waals surface area contributed by atoms with Gasteiger partial charge in [0.1, 0.15) is 5.92 Å². The van der Waals surface area contributed by atoms with Gasteiger partial charge in [-0.3, -0.25) is 24.5 Å². The van der Waals surface area contributed by atoms with Gasteiger partial charge in [0.15, 0.2) is 6.17 Å². The molecule has 0 aromatic heterocycles. The van der Waals surface area contributed by atoms with Gasteiger partial charge in [-0.05, 0) is 25.7 Å². The van der Waals surface area contributed by atoms with Crippen molar-refractivity contribution >= 4 is 23.8 Å². The standard InChI is InChI=1S/C19H25N3O9/c23-10-2-3-11(12(7-10)16(25)26)15(24)20-14-5-6-22(14)18(29)19(22)8-9(21(30)31)1-4-13(19)17(27)28/h9-14,23H,1-8H2,(H2-,20,24,25,26,27,28)/p+1. The van der Waals surface area contributed by atoms with Crippen LogP contribution in [0, 0.1) is 27.9 Å². The Bertz CT molecular complexity index is 863. The highest BCUT2D eigenvalue weighted by atomic mass is 16.6. The second kappa shape index (κ2) is 7.23. The number of aliphatic hydroxyl groups is 1. The van der Waals surface area contributed by atoms with Crippen molar-refractivity contribution in [1.82, 2.24) is 5.32 Å². The molecule has 12 heteroatoms. The number of hydrogen-bond donors (Lipinski definition) is 4. The van der Waals surface area contributed by atoms with Gasteiger partial charge >= 0.3 is 17.8 Å². The topological polar surface area (TPSA) is 184 Å². The third-order valence-electron chi connectivity index (χ3n) is 7.98. The summed E-state index contributed by atoms with van der Waals surface area (Å²) in [5.41, 5.74) is -1.41. The molecule has 2 spiro atoms. The molecule has 4 fully saturated rings. The van der Waals surface area contributed by atoms with Crippen LogP contribution in [-0.4, -0.2) is 78.9 Å². The van der Waals surface area contributed by atoms with Crippen molar-refractivity contribution in [2.24, 2.45) is 17.8 Å². The van der Waals surface area contributed by atoms with E-state index < -0.39 is 70.3 Å². The SMILES string of the molecule is O=C(O)C1CC(O)CCC1C(=O)NC1CC[N+]12C(=O)C21CC([N+](=O)[O-])CCC1C(=O)O. The molecule has 2 saturated carbocycles. The number of rotatable bonds is 5. The van der Waals surface area contributed by atoms with Crippen molar-refractivity contribution in [3.05, 3.63) is 10.1 Å². The van der Waals surface area contributed by atoms with Crippen LogP contribution in [0.5, 0.6) is 0 Å². The number of carbonyl (C=O) groups excluding carboxylic acids is 2. The monoisotopic (exact) mass is 440 g/mol. The largest absolute Gasteiger partial charge is 0.481 e. The van der Waals surface area contributed by atoms with E-state index in [1.54, 1.807) is 0 Å². The van der Waals surface area contributed by atoms with E-state index in [0.29, 0.717) is 19.4 Å². The van der Waals surface area contributed by atoms with Gasteiger partial charge < -0.3 is 20.6 Å². The van der Waals surface area contributed by atoms with Gasteiger partial charge in [-0.15, -0.1) is 0 Å². The first kappa shape index (κ1) is 21.6. The summed E-state index contributed by atoms with van der Waals surface area (Å²) in [5, 5.41) is 43.0. The number of nitrogens with zero attached hydrogens (tertiary/aromatic N) is 2. The molecule has 0 aromatic carbocycles. The number of fused-ring (bicyclic) bond motifs is 1. The fraction of sp³-hybridized carbons (Fsp3) is 0.789. The molecule has 4 aliphatic rings. The summed E-state index contributed by atoms with van der Waals surface area (Å²) < 4.78 is -0.298. The van der Waals surface area contributed by atoms with Gasteiger partial charge in [-0.25, -0.2) is 9.28 Å². The third kappa shape index (κ3) is 2.95. The maximum Gasteiger partial charge on any atom is 0.379 e. The number of amides is 2. The van der Waals surface area contributed by atoms with Gasteiger partial charge in [0.2, 0.25) is 17.5 Å². The summed E-state index contributed by atoms with van der Waals surface area (Å²) in [4.78, 5) is 60.3. The Balaban J connectivity index is 1.55. The predicted molar refractivity (Wildman–Crippen MR) is 99.6 cm³/mol. The number of nitrogens with one attached hydrogen (secondary N) is 1. The normalized spacial score (nSPS) is 43.8. The lowest BCUT2D eigenvalue weighted by atomic mass is 9.74. The Kier molecular flexibility index (Phi) is 5.04. The van der Waals surface area contributed by atoms with Crippen molar-refractivity contribution in [2.45, 2.75) is 68.8 Å². The van der Waals surface area contributed by atoms with Crippen LogP contribution >= 0.6 is 0 Å². The second-order valence-corrected chi connectivity index (χ2v) is 9.26. The number of carboxylic acids is 2. The average Bonchev–Trinajstić information content (AvgIpc) is 3.23. The molecule has 2 heterocycles. The highest BCUT2D eigenvalue weighted by molar-refractivity contribution is 5.98.